The van der Waals surface area contributed by atoms with Crippen molar-refractivity contribution < 1.29 is 19.5 Å². The van der Waals surface area contributed by atoms with Crippen molar-refractivity contribution in [2.45, 2.75) is 0 Å². The van der Waals surface area contributed by atoms with Gasteiger partial charge in [-0.25, -0.2) is 4.79 Å². The fraction of sp³-hybridized carbons (Fsp3) is 0.174. The van der Waals surface area contributed by atoms with E-state index >= 15 is 0 Å². The number of aromatic nitrogens is 2. The number of benzene rings is 2. The van der Waals surface area contributed by atoms with E-state index in [1.165, 1.54) is 12.1 Å². The van der Waals surface area contributed by atoms with Gasteiger partial charge in [-0.2, -0.15) is 0 Å². The molecule has 0 spiro atoms. The van der Waals surface area contributed by atoms with Crippen LogP contribution in [0.15, 0.2) is 48.5 Å². The molecule has 4 aromatic rings. The van der Waals surface area contributed by atoms with Crippen LogP contribution in [0, 0.1) is 0 Å². The van der Waals surface area contributed by atoms with Crippen LogP contribution in [0.3, 0.4) is 0 Å². The zero-order valence-corrected chi connectivity index (χ0v) is 17.7. The van der Waals surface area contributed by atoms with E-state index in [-0.39, 0.29) is 17.4 Å². The number of anilines is 1. The van der Waals surface area contributed by atoms with E-state index in [9.17, 15) is 14.4 Å². The van der Waals surface area contributed by atoms with Crippen molar-refractivity contribution in [3.05, 3.63) is 65.5 Å². The summed E-state index contributed by atoms with van der Waals surface area (Å²) in [6.07, 6.45) is 0. The van der Waals surface area contributed by atoms with Gasteiger partial charge in [0.15, 0.2) is 0 Å². The fourth-order valence-electron chi connectivity index (χ4n) is 3.40. The normalized spacial score (nSPS) is 11.2. The molecule has 0 aliphatic heterocycles. The molecule has 0 radical (unpaired) electrons. The summed E-state index contributed by atoms with van der Waals surface area (Å²) in [5.41, 5.74) is 2.88. The van der Waals surface area contributed by atoms with Crippen molar-refractivity contribution in [1.82, 2.24) is 20.2 Å². The van der Waals surface area contributed by atoms with Crippen LogP contribution in [0.5, 0.6) is 0 Å². The van der Waals surface area contributed by atoms with Gasteiger partial charge >= 0.3 is 5.97 Å². The average molecular weight is 433 g/mol. The standard InChI is InChI=1S/C23H23N5O4/c1-28(2)8-7-24-21(29)19-10-13-3-5-16(12-18(13)27-19)25-22(30)20-11-15-9-14(23(31)32)4-6-17(15)26-20/h3-6,9-12,26-27H,7-8H2,1-2H3,(H,24,29)(H,25,30)(H,31,32). The molecule has 4 rings (SSSR count). The lowest BCUT2D eigenvalue weighted by atomic mass is 10.1. The summed E-state index contributed by atoms with van der Waals surface area (Å²) in [7, 11) is 3.88. The molecular weight excluding hydrogens is 410 g/mol. The number of hydrogen-bond donors (Lipinski definition) is 5. The first-order chi connectivity index (χ1) is 15.3. The molecule has 0 fully saturated rings. The molecule has 2 heterocycles. The van der Waals surface area contributed by atoms with E-state index in [2.05, 4.69) is 20.6 Å². The van der Waals surface area contributed by atoms with Crippen molar-refractivity contribution in [1.29, 1.82) is 0 Å². The molecule has 2 aromatic heterocycles. The summed E-state index contributed by atoms with van der Waals surface area (Å²) in [5.74, 6) is -1.57. The quantitative estimate of drug-likeness (QED) is 0.306. The second kappa shape index (κ2) is 8.56. The summed E-state index contributed by atoms with van der Waals surface area (Å²) in [6.45, 7) is 1.29. The van der Waals surface area contributed by atoms with E-state index in [0.29, 0.717) is 34.5 Å². The van der Waals surface area contributed by atoms with Crippen molar-refractivity contribution in [3.8, 4) is 0 Å². The Morgan fingerprint density at radius 3 is 2.34 bits per heavy atom. The van der Waals surface area contributed by atoms with Gasteiger partial charge < -0.3 is 30.6 Å². The lowest BCUT2D eigenvalue weighted by Crippen LogP contribution is -2.31. The minimum Gasteiger partial charge on any atom is -0.478 e. The van der Waals surface area contributed by atoms with E-state index < -0.39 is 5.97 Å². The van der Waals surface area contributed by atoms with Gasteiger partial charge in [0.1, 0.15) is 11.4 Å². The lowest BCUT2D eigenvalue weighted by molar-refractivity contribution is 0.0696. The summed E-state index contributed by atoms with van der Waals surface area (Å²) >= 11 is 0. The molecule has 0 saturated heterocycles. The fourth-order valence-corrected chi connectivity index (χ4v) is 3.40. The summed E-state index contributed by atoms with van der Waals surface area (Å²) in [6, 6.07) is 13.3. The molecule has 5 N–H and O–H groups in total. The van der Waals surface area contributed by atoms with Gasteiger partial charge in [0.25, 0.3) is 11.8 Å². The smallest absolute Gasteiger partial charge is 0.335 e. The Bertz CT molecular complexity index is 1330. The number of hydrogen-bond acceptors (Lipinski definition) is 4. The van der Waals surface area contributed by atoms with Gasteiger partial charge in [-0.1, -0.05) is 6.07 Å². The molecule has 9 heteroatoms. The highest BCUT2D eigenvalue weighted by molar-refractivity contribution is 6.07. The number of aromatic carboxylic acids is 1. The van der Waals surface area contributed by atoms with E-state index in [0.717, 1.165) is 17.4 Å². The second-order valence-corrected chi connectivity index (χ2v) is 7.79. The molecule has 0 saturated carbocycles. The topological polar surface area (TPSA) is 130 Å². The number of nitrogens with zero attached hydrogens (tertiary/aromatic N) is 1. The van der Waals surface area contributed by atoms with Crippen LogP contribution in [0.2, 0.25) is 0 Å². The molecular formula is C23H23N5O4. The zero-order valence-electron chi connectivity index (χ0n) is 17.7. The third kappa shape index (κ3) is 4.47. The third-order valence-electron chi connectivity index (χ3n) is 5.08. The van der Waals surface area contributed by atoms with Crippen LogP contribution in [-0.2, 0) is 0 Å². The third-order valence-corrected chi connectivity index (χ3v) is 5.08. The monoisotopic (exact) mass is 433 g/mol. The number of carbonyl (C=O) groups is 3. The lowest BCUT2D eigenvalue weighted by Gasteiger charge is -2.09. The Labute approximate surface area is 183 Å². The van der Waals surface area contributed by atoms with Gasteiger partial charge in [-0.05, 0) is 56.6 Å². The molecule has 2 amide bonds. The van der Waals surface area contributed by atoms with Gasteiger partial charge in [-0.15, -0.1) is 0 Å². The minimum atomic E-state index is -1.02. The van der Waals surface area contributed by atoms with Crippen LogP contribution in [0.4, 0.5) is 5.69 Å². The first-order valence-electron chi connectivity index (χ1n) is 10.0. The van der Waals surface area contributed by atoms with Crippen molar-refractivity contribution >= 4 is 45.3 Å². The Hall–Kier alpha value is -4.11. The number of carboxylic acids is 1. The van der Waals surface area contributed by atoms with E-state index in [4.69, 9.17) is 5.11 Å². The highest BCUT2D eigenvalue weighted by Crippen LogP contribution is 2.22. The zero-order chi connectivity index (χ0) is 22.8. The molecule has 0 aliphatic carbocycles. The number of nitrogens with one attached hydrogen (secondary N) is 4. The molecule has 2 aromatic carbocycles. The number of H-pyrrole nitrogens is 2. The van der Waals surface area contributed by atoms with Crippen molar-refractivity contribution in [2.75, 3.05) is 32.5 Å². The summed E-state index contributed by atoms with van der Waals surface area (Å²) < 4.78 is 0. The van der Waals surface area contributed by atoms with Crippen LogP contribution in [-0.4, -0.2) is 64.9 Å². The van der Waals surface area contributed by atoms with Crippen molar-refractivity contribution in [2.24, 2.45) is 0 Å². The molecule has 9 nitrogen and oxygen atoms in total. The van der Waals surface area contributed by atoms with Crippen LogP contribution in [0.25, 0.3) is 21.8 Å². The van der Waals surface area contributed by atoms with Gasteiger partial charge in [0.05, 0.1) is 5.56 Å². The van der Waals surface area contributed by atoms with Crippen LogP contribution in [0.1, 0.15) is 31.3 Å². The number of likely N-dealkylation sites (N-methyl/N-ethyl adjacent to an activating group) is 1. The Morgan fingerprint density at radius 1 is 0.875 bits per heavy atom. The predicted octanol–water partition coefficient (Wildman–Crippen LogP) is 2.89. The molecule has 0 atom stereocenters. The minimum absolute atomic E-state index is 0.155. The number of fused-ring (bicyclic) bond motifs is 2. The van der Waals surface area contributed by atoms with Gasteiger partial charge in [0, 0.05) is 40.6 Å². The highest BCUT2D eigenvalue weighted by Gasteiger charge is 2.13. The number of rotatable bonds is 7. The second-order valence-electron chi connectivity index (χ2n) is 7.79. The number of aromatic amines is 2. The van der Waals surface area contributed by atoms with Crippen molar-refractivity contribution in [3.63, 3.8) is 0 Å². The Kier molecular flexibility index (Phi) is 5.65. The van der Waals surface area contributed by atoms with Gasteiger partial charge in [-0.3, -0.25) is 9.59 Å². The molecule has 0 bridgehead atoms. The van der Waals surface area contributed by atoms with Gasteiger partial charge in [0.2, 0.25) is 0 Å². The predicted molar refractivity (Wildman–Crippen MR) is 122 cm³/mol. The first-order valence-corrected chi connectivity index (χ1v) is 10.0. The molecule has 164 valence electrons. The summed E-state index contributed by atoms with van der Waals surface area (Å²) in [5, 5.41) is 16.3. The molecule has 32 heavy (non-hydrogen) atoms. The number of carbonyl (C=O) groups excluding carboxylic acids is 2. The number of amides is 2. The Balaban J connectivity index is 1.49. The molecule has 0 unspecified atom stereocenters. The van der Waals surface area contributed by atoms with E-state index in [1.54, 1.807) is 30.3 Å². The first kappa shape index (κ1) is 21.1. The maximum absolute atomic E-state index is 12.7. The average Bonchev–Trinajstić information content (AvgIpc) is 3.36. The maximum atomic E-state index is 12.7. The maximum Gasteiger partial charge on any atom is 0.335 e. The SMILES string of the molecule is CN(C)CCNC(=O)c1cc2ccc(NC(=O)c3cc4cc(C(=O)O)ccc4[nH]3)cc2[nH]1. The largest absolute Gasteiger partial charge is 0.478 e. The Morgan fingerprint density at radius 2 is 1.59 bits per heavy atom. The van der Waals surface area contributed by atoms with E-state index in [1.807, 2.05) is 25.1 Å². The van der Waals surface area contributed by atoms with Crippen LogP contribution >= 0.6 is 0 Å². The highest BCUT2D eigenvalue weighted by atomic mass is 16.4. The summed E-state index contributed by atoms with van der Waals surface area (Å²) in [4.78, 5) is 44.2. The molecule has 0 aliphatic rings. The van der Waals surface area contributed by atoms with Crippen LogP contribution < -0.4 is 10.6 Å². The number of carboxylic acid groups (broad SMARTS) is 1.